The van der Waals surface area contributed by atoms with Gasteiger partial charge in [0.05, 0.1) is 11.8 Å². The lowest BCUT2D eigenvalue weighted by molar-refractivity contribution is 0.0953. The van der Waals surface area contributed by atoms with Gasteiger partial charge in [-0.05, 0) is 31.5 Å². The van der Waals surface area contributed by atoms with E-state index in [1.807, 2.05) is 66.3 Å². The summed E-state index contributed by atoms with van der Waals surface area (Å²) >= 11 is 0. The van der Waals surface area contributed by atoms with E-state index in [1.54, 1.807) is 18.5 Å². The van der Waals surface area contributed by atoms with Crippen LogP contribution in [0, 0.1) is 6.92 Å². The van der Waals surface area contributed by atoms with Crippen LogP contribution in [-0.2, 0) is 6.54 Å². The molecule has 0 aliphatic carbocycles. The van der Waals surface area contributed by atoms with E-state index in [0.717, 1.165) is 18.5 Å². The fourth-order valence-corrected chi connectivity index (χ4v) is 3.09. The molecule has 2 aromatic heterocycles. The molecule has 0 fully saturated rings. The number of nitrogens with one attached hydrogen (secondary N) is 1. The summed E-state index contributed by atoms with van der Waals surface area (Å²) < 4.78 is 7.81. The molecule has 2 heterocycles. The Hall–Kier alpha value is -3.67. The second-order valence-corrected chi connectivity index (χ2v) is 6.82. The number of aromatic nitrogens is 3. The maximum Gasteiger partial charge on any atom is 0.252 e. The summed E-state index contributed by atoms with van der Waals surface area (Å²) in [6.07, 6.45) is 6.15. The van der Waals surface area contributed by atoms with E-state index in [0.29, 0.717) is 29.3 Å². The molecule has 2 aromatic carbocycles. The molecule has 29 heavy (non-hydrogen) atoms. The van der Waals surface area contributed by atoms with Gasteiger partial charge in [0, 0.05) is 36.6 Å². The standard InChI is InChI=1S/C23H22N4O2/c1-17-8-10-18(11-9-17)21-16-25-23(29-21)20-7-3-2-6-19(20)22(28)24-12-4-14-27-15-5-13-26-27/h2-3,5-11,13,15-16H,4,12,14H2,1H3,(H,24,28). The van der Waals surface area contributed by atoms with Crippen LogP contribution in [0.4, 0.5) is 0 Å². The van der Waals surface area contributed by atoms with Crippen LogP contribution in [0.15, 0.2) is 77.6 Å². The summed E-state index contributed by atoms with van der Waals surface area (Å²) in [6.45, 7) is 3.36. The fraction of sp³-hybridized carbons (Fsp3) is 0.174. The zero-order valence-corrected chi connectivity index (χ0v) is 16.2. The molecule has 6 nitrogen and oxygen atoms in total. The molecular formula is C23H22N4O2. The van der Waals surface area contributed by atoms with Crippen molar-refractivity contribution in [1.29, 1.82) is 0 Å². The van der Waals surface area contributed by atoms with Crippen LogP contribution >= 0.6 is 0 Å². The summed E-state index contributed by atoms with van der Waals surface area (Å²) in [4.78, 5) is 17.1. The highest BCUT2D eigenvalue weighted by molar-refractivity contribution is 6.00. The molecule has 0 unspecified atom stereocenters. The van der Waals surface area contributed by atoms with E-state index < -0.39 is 0 Å². The lowest BCUT2D eigenvalue weighted by Gasteiger charge is -2.08. The van der Waals surface area contributed by atoms with Crippen LogP contribution in [0.1, 0.15) is 22.3 Å². The monoisotopic (exact) mass is 386 g/mol. The predicted molar refractivity (Wildman–Crippen MR) is 111 cm³/mol. The maximum absolute atomic E-state index is 12.7. The van der Waals surface area contributed by atoms with E-state index in [2.05, 4.69) is 15.4 Å². The average molecular weight is 386 g/mol. The van der Waals surface area contributed by atoms with Crippen LogP contribution in [0.25, 0.3) is 22.8 Å². The largest absolute Gasteiger partial charge is 0.436 e. The molecular weight excluding hydrogens is 364 g/mol. The molecule has 1 N–H and O–H groups in total. The highest BCUT2D eigenvalue weighted by atomic mass is 16.4. The smallest absolute Gasteiger partial charge is 0.252 e. The van der Waals surface area contributed by atoms with Crippen molar-refractivity contribution in [2.45, 2.75) is 19.9 Å². The van der Waals surface area contributed by atoms with Crippen molar-refractivity contribution < 1.29 is 9.21 Å². The minimum absolute atomic E-state index is 0.142. The highest BCUT2D eigenvalue weighted by Crippen LogP contribution is 2.28. The molecule has 0 aliphatic rings. The van der Waals surface area contributed by atoms with Gasteiger partial charge in [0.25, 0.3) is 5.91 Å². The van der Waals surface area contributed by atoms with Crippen molar-refractivity contribution in [3.63, 3.8) is 0 Å². The zero-order chi connectivity index (χ0) is 20.1. The first-order valence-electron chi connectivity index (χ1n) is 9.58. The normalized spacial score (nSPS) is 10.8. The average Bonchev–Trinajstić information content (AvgIpc) is 3.44. The van der Waals surface area contributed by atoms with Crippen LogP contribution in [-0.4, -0.2) is 27.2 Å². The molecule has 0 saturated carbocycles. The van der Waals surface area contributed by atoms with Gasteiger partial charge in [0.15, 0.2) is 5.76 Å². The van der Waals surface area contributed by atoms with E-state index in [1.165, 1.54) is 5.56 Å². The van der Waals surface area contributed by atoms with Gasteiger partial charge in [-0.1, -0.05) is 42.0 Å². The van der Waals surface area contributed by atoms with E-state index in [4.69, 9.17) is 4.42 Å². The Kier molecular flexibility index (Phi) is 5.52. The number of amides is 1. The number of hydrogen-bond acceptors (Lipinski definition) is 4. The number of carbonyl (C=O) groups excluding carboxylic acids is 1. The number of rotatable bonds is 7. The summed E-state index contributed by atoms with van der Waals surface area (Å²) in [5.74, 6) is 0.966. The van der Waals surface area contributed by atoms with Crippen molar-refractivity contribution in [1.82, 2.24) is 20.1 Å². The van der Waals surface area contributed by atoms with Crippen molar-refractivity contribution in [2.75, 3.05) is 6.54 Å². The Morgan fingerprint density at radius 2 is 1.93 bits per heavy atom. The van der Waals surface area contributed by atoms with Gasteiger partial charge in [0.2, 0.25) is 5.89 Å². The fourth-order valence-electron chi connectivity index (χ4n) is 3.09. The van der Waals surface area contributed by atoms with Gasteiger partial charge in [-0.2, -0.15) is 5.10 Å². The molecule has 0 radical (unpaired) electrons. The highest BCUT2D eigenvalue weighted by Gasteiger charge is 2.16. The minimum Gasteiger partial charge on any atom is -0.436 e. The third kappa shape index (κ3) is 4.43. The summed E-state index contributed by atoms with van der Waals surface area (Å²) in [7, 11) is 0. The van der Waals surface area contributed by atoms with Gasteiger partial charge in [-0.15, -0.1) is 0 Å². The molecule has 146 valence electrons. The molecule has 6 heteroatoms. The summed E-state index contributed by atoms with van der Waals surface area (Å²) in [5.41, 5.74) is 3.36. The predicted octanol–water partition coefficient (Wildman–Crippen LogP) is 4.33. The van der Waals surface area contributed by atoms with Crippen LogP contribution < -0.4 is 5.32 Å². The molecule has 0 bridgehead atoms. The molecule has 1 amide bonds. The van der Waals surface area contributed by atoms with Gasteiger partial charge < -0.3 is 9.73 Å². The van der Waals surface area contributed by atoms with E-state index >= 15 is 0 Å². The van der Waals surface area contributed by atoms with Crippen molar-refractivity contribution in [3.05, 3.63) is 84.3 Å². The first kappa shape index (κ1) is 18.7. The van der Waals surface area contributed by atoms with E-state index in [-0.39, 0.29) is 5.91 Å². The second-order valence-electron chi connectivity index (χ2n) is 6.82. The topological polar surface area (TPSA) is 73.0 Å². The Balaban J connectivity index is 1.46. The number of oxazole rings is 1. The lowest BCUT2D eigenvalue weighted by Crippen LogP contribution is -2.25. The Morgan fingerprint density at radius 1 is 1.10 bits per heavy atom. The number of carbonyl (C=O) groups is 1. The van der Waals surface area contributed by atoms with Gasteiger partial charge in [-0.3, -0.25) is 9.48 Å². The third-order valence-corrected chi connectivity index (χ3v) is 4.65. The Bertz CT molecular complexity index is 1080. The Labute approximate surface area is 169 Å². The van der Waals surface area contributed by atoms with Gasteiger partial charge in [0.1, 0.15) is 0 Å². The third-order valence-electron chi connectivity index (χ3n) is 4.65. The molecule has 4 aromatic rings. The number of nitrogens with zero attached hydrogens (tertiary/aromatic N) is 3. The van der Waals surface area contributed by atoms with Crippen molar-refractivity contribution in [2.24, 2.45) is 0 Å². The van der Waals surface area contributed by atoms with Gasteiger partial charge in [-0.25, -0.2) is 4.98 Å². The zero-order valence-electron chi connectivity index (χ0n) is 16.2. The van der Waals surface area contributed by atoms with Crippen LogP contribution in [0.3, 0.4) is 0 Å². The first-order valence-corrected chi connectivity index (χ1v) is 9.58. The summed E-state index contributed by atoms with van der Waals surface area (Å²) in [5, 5.41) is 7.13. The lowest BCUT2D eigenvalue weighted by atomic mass is 10.1. The number of benzene rings is 2. The molecule has 0 aliphatic heterocycles. The SMILES string of the molecule is Cc1ccc(-c2cnc(-c3ccccc3C(=O)NCCCn3cccn3)o2)cc1. The number of aryl methyl sites for hydroxylation is 2. The maximum atomic E-state index is 12.7. The number of hydrogen-bond donors (Lipinski definition) is 1. The quantitative estimate of drug-likeness (QED) is 0.480. The van der Waals surface area contributed by atoms with Crippen molar-refractivity contribution in [3.8, 4) is 22.8 Å². The molecule has 0 spiro atoms. The molecule has 0 atom stereocenters. The second kappa shape index (κ2) is 8.56. The Morgan fingerprint density at radius 3 is 2.72 bits per heavy atom. The molecule has 4 rings (SSSR count). The molecule has 0 saturated heterocycles. The minimum atomic E-state index is -0.142. The van der Waals surface area contributed by atoms with E-state index in [9.17, 15) is 4.79 Å². The van der Waals surface area contributed by atoms with Crippen molar-refractivity contribution >= 4 is 5.91 Å². The first-order chi connectivity index (χ1) is 14.2. The van der Waals surface area contributed by atoms with Crippen LogP contribution in [0.2, 0.25) is 0 Å². The van der Waals surface area contributed by atoms with Gasteiger partial charge >= 0.3 is 0 Å². The van der Waals surface area contributed by atoms with Crippen LogP contribution in [0.5, 0.6) is 0 Å². The summed E-state index contributed by atoms with van der Waals surface area (Å²) in [6, 6.07) is 17.3.